The first-order valence-corrected chi connectivity index (χ1v) is 5.22. The van der Waals surface area contributed by atoms with Gasteiger partial charge in [0.05, 0.1) is 13.2 Å². The van der Waals surface area contributed by atoms with Crippen LogP contribution in [0.15, 0.2) is 24.3 Å². The van der Waals surface area contributed by atoms with Gasteiger partial charge in [0.15, 0.2) is 11.7 Å². The van der Waals surface area contributed by atoms with Gasteiger partial charge in [0, 0.05) is 17.0 Å². The molecule has 88 valence electrons. The Hall–Kier alpha value is -1.86. The average molecular weight is 252 g/mol. The van der Waals surface area contributed by atoms with Crippen LogP contribution in [0.1, 0.15) is 16.8 Å². The molecule has 1 atom stereocenters. The van der Waals surface area contributed by atoms with Crippen LogP contribution in [0.5, 0.6) is 0 Å². The number of ether oxygens (including phenoxy) is 1. The molecule has 0 radical (unpaired) electrons. The Morgan fingerprint density at radius 1 is 1.41 bits per heavy atom. The maximum atomic E-state index is 11.7. The van der Waals surface area contributed by atoms with Gasteiger partial charge in [0.25, 0.3) is 0 Å². The van der Waals surface area contributed by atoms with Gasteiger partial charge in [0.2, 0.25) is 0 Å². The lowest BCUT2D eigenvalue weighted by molar-refractivity contribution is -0.143. The number of methoxy groups -OCH3 is 1. The Kier molecular flexibility index (Phi) is 4.68. The summed E-state index contributed by atoms with van der Waals surface area (Å²) in [7, 11) is 1.18. The summed E-state index contributed by atoms with van der Waals surface area (Å²) in [6, 6.07) is 8.00. The molecule has 1 aromatic rings. The number of ketones is 1. The molecular weight excluding hydrogens is 242 g/mol. The molecule has 0 saturated carbocycles. The highest BCUT2D eigenvalue weighted by Crippen LogP contribution is 2.14. The molecule has 0 aromatic heterocycles. The summed E-state index contributed by atoms with van der Waals surface area (Å²) in [5, 5.41) is 9.26. The molecule has 0 fully saturated rings. The molecule has 0 amide bonds. The molecule has 1 aromatic carbocycles. The van der Waals surface area contributed by atoms with Crippen LogP contribution in [-0.4, -0.2) is 18.9 Å². The van der Waals surface area contributed by atoms with E-state index in [0.29, 0.717) is 10.6 Å². The summed E-state index contributed by atoms with van der Waals surface area (Å²) < 4.78 is 4.42. The summed E-state index contributed by atoms with van der Waals surface area (Å²) in [6.45, 7) is 0. The van der Waals surface area contributed by atoms with Crippen molar-refractivity contribution in [3.8, 4) is 6.07 Å². The average Bonchev–Trinajstić information content (AvgIpc) is 2.35. The first-order chi connectivity index (χ1) is 8.08. The normalized spacial score (nSPS) is 11.4. The molecule has 0 heterocycles. The number of nitriles is 1. The van der Waals surface area contributed by atoms with E-state index in [-0.39, 0.29) is 12.2 Å². The zero-order valence-electron chi connectivity index (χ0n) is 9.14. The SMILES string of the molecule is COC(=O)C(C#N)CC(=O)c1ccc(Cl)cc1. The second kappa shape index (κ2) is 6.02. The van der Waals surface area contributed by atoms with Gasteiger partial charge in [-0.15, -0.1) is 0 Å². The molecule has 1 unspecified atom stereocenters. The minimum Gasteiger partial charge on any atom is -0.468 e. The van der Waals surface area contributed by atoms with Crippen LogP contribution in [-0.2, 0) is 9.53 Å². The lowest BCUT2D eigenvalue weighted by Crippen LogP contribution is -2.18. The van der Waals surface area contributed by atoms with Crippen molar-refractivity contribution < 1.29 is 14.3 Å². The number of esters is 1. The molecule has 0 N–H and O–H groups in total. The maximum absolute atomic E-state index is 11.7. The molecule has 17 heavy (non-hydrogen) atoms. The van der Waals surface area contributed by atoms with Gasteiger partial charge in [-0.1, -0.05) is 11.6 Å². The fourth-order valence-corrected chi connectivity index (χ4v) is 1.39. The number of hydrogen-bond acceptors (Lipinski definition) is 4. The molecule has 0 aliphatic rings. The second-order valence-electron chi connectivity index (χ2n) is 3.34. The van der Waals surface area contributed by atoms with E-state index in [1.807, 2.05) is 0 Å². The zero-order chi connectivity index (χ0) is 12.8. The molecule has 0 aliphatic carbocycles. The van der Waals surface area contributed by atoms with Crippen molar-refractivity contribution >= 4 is 23.4 Å². The van der Waals surface area contributed by atoms with Crippen molar-refractivity contribution in [1.82, 2.24) is 0 Å². The van der Waals surface area contributed by atoms with Gasteiger partial charge < -0.3 is 4.74 Å². The van der Waals surface area contributed by atoms with Crippen molar-refractivity contribution in [2.24, 2.45) is 5.92 Å². The fourth-order valence-electron chi connectivity index (χ4n) is 1.26. The standard InChI is InChI=1S/C12H10ClNO3/c1-17-12(16)9(7-14)6-11(15)8-2-4-10(13)5-3-8/h2-5,9H,6H2,1H3. The molecule has 4 nitrogen and oxygen atoms in total. The Bertz CT molecular complexity index is 462. The number of halogens is 1. The zero-order valence-corrected chi connectivity index (χ0v) is 9.90. The third-order valence-electron chi connectivity index (χ3n) is 2.20. The highest BCUT2D eigenvalue weighted by molar-refractivity contribution is 6.30. The lowest BCUT2D eigenvalue weighted by Gasteiger charge is -2.05. The van der Waals surface area contributed by atoms with Crippen LogP contribution in [0.2, 0.25) is 5.02 Å². The third-order valence-corrected chi connectivity index (χ3v) is 2.45. The number of Topliss-reactive ketones (excluding diaryl/α,β-unsaturated/α-hetero) is 1. The fraction of sp³-hybridized carbons (Fsp3) is 0.250. The highest BCUT2D eigenvalue weighted by Gasteiger charge is 2.22. The van der Waals surface area contributed by atoms with Crippen LogP contribution in [0.3, 0.4) is 0 Å². The summed E-state index contributed by atoms with van der Waals surface area (Å²) in [6.07, 6.45) is -0.190. The topological polar surface area (TPSA) is 67.2 Å². The Labute approximate surface area is 104 Å². The summed E-state index contributed by atoms with van der Waals surface area (Å²) >= 11 is 5.68. The van der Waals surface area contributed by atoms with Crippen LogP contribution in [0.4, 0.5) is 0 Å². The van der Waals surface area contributed by atoms with E-state index in [2.05, 4.69) is 4.74 Å². The predicted octanol–water partition coefficient (Wildman–Crippen LogP) is 2.23. The van der Waals surface area contributed by atoms with E-state index in [1.54, 1.807) is 30.3 Å². The quantitative estimate of drug-likeness (QED) is 0.608. The van der Waals surface area contributed by atoms with Crippen molar-refractivity contribution in [3.05, 3.63) is 34.9 Å². The minimum atomic E-state index is -1.07. The van der Waals surface area contributed by atoms with E-state index < -0.39 is 11.9 Å². The Morgan fingerprint density at radius 3 is 2.47 bits per heavy atom. The Morgan fingerprint density at radius 2 is 2.00 bits per heavy atom. The van der Waals surface area contributed by atoms with Crippen LogP contribution < -0.4 is 0 Å². The summed E-state index contributed by atoms with van der Waals surface area (Å²) in [5.74, 6) is -2.06. The van der Waals surface area contributed by atoms with Crippen molar-refractivity contribution in [3.63, 3.8) is 0 Å². The first kappa shape index (κ1) is 13.2. The van der Waals surface area contributed by atoms with E-state index in [0.717, 1.165) is 0 Å². The Balaban J connectivity index is 2.75. The van der Waals surface area contributed by atoms with E-state index in [9.17, 15) is 9.59 Å². The predicted molar refractivity (Wildman–Crippen MR) is 61.5 cm³/mol. The molecular formula is C12H10ClNO3. The number of hydrogen-bond donors (Lipinski definition) is 0. The second-order valence-corrected chi connectivity index (χ2v) is 3.78. The third kappa shape index (κ3) is 3.58. The van der Waals surface area contributed by atoms with Crippen molar-refractivity contribution in [2.45, 2.75) is 6.42 Å². The van der Waals surface area contributed by atoms with E-state index >= 15 is 0 Å². The van der Waals surface area contributed by atoms with Crippen LogP contribution in [0.25, 0.3) is 0 Å². The smallest absolute Gasteiger partial charge is 0.323 e. The molecule has 0 aliphatic heterocycles. The van der Waals surface area contributed by atoms with Gasteiger partial charge in [-0.05, 0) is 24.3 Å². The maximum Gasteiger partial charge on any atom is 0.323 e. The summed E-state index contributed by atoms with van der Waals surface area (Å²) in [5.41, 5.74) is 0.415. The monoisotopic (exact) mass is 251 g/mol. The number of carbonyl (C=O) groups excluding carboxylic acids is 2. The van der Waals surface area contributed by atoms with E-state index in [4.69, 9.17) is 16.9 Å². The van der Waals surface area contributed by atoms with Crippen LogP contribution in [0, 0.1) is 17.2 Å². The summed E-state index contributed by atoms with van der Waals surface area (Å²) in [4.78, 5) is 22.9. The largest absolute Gasteiger partial charge is 0.468 e. The minimum absolute atomic E-state index is 0.190. The van der Waals surface area contributed by atoms with Crippen molar-refractivity contribution in [1.29, 1.82) is 5.26 Å². The molecule has 5 heteroatoms. The van der Waals surface area contributed by atoms with E-state index in [1.165, 1.54) is 7.11 Å². The van der Waals surface area contributed by atoms with Gasteiger partial charge in [-0.2, -0.15) is 5.26 Å². The molecule has 0 spiro atoms. The van der Waals surface area contributed by atoms with Crippen molar-refractivity contribution in [2.75, 3.05) is 7.11 Å². The number of rotatable bonds is 4. The van der Waals surface area contributed by atoms with Gasteiger partial charge in [-0.25, -0.2) is 0 Å². The van der Waals surface area contributed by atoms with Crippen LogP contribution >= 0.6 is 11.6 Å². The molecule has 0 saturated heterocycles. The number of benzene rings is 1. The highest BCUT2D eigenvalue weighted by atomic mass is 35.5. The molecule has 0 bridgehead atoms. The first-order valence-electron chi connectivity index (χ1n) is 4.84. The van der Waals surface area contributed by atoms with Gasteiger partial charge in [-0.3, -0.25) is 9.59 Å². The van der Waals surface area contributed by atoms with Gasteiger partial charge in [0.1, 0.15) is 0 Å². The lowest BCUT2D eigenvalue weighted by atomic mass is 9.99. The van der Waals surface area contributed by atoms with Gasteiger partial charge >= 0.3 is 5.97 Å². The molecule has 1 rings (SSSR count). The number of carbonyl (C=O) groups is 2. The number of nitrogens with zero attached hydrogens (tertiary/aromatic N) is 1.